The molecule has 1 heterocycles. The number of amides is 1. The first-order chi connectivity index (χ1) is 7.42. The molecule has 0 aromatic carbocycles. The normalized spacial score (nSPS) is 22.0. The molecule has 1 atom stereocenters. The van der Waals surface area contributed by atoms with Gasteiger partial charge in [-0.1, -0.05) is 0 Å². The SMILES string of the molecule is CC(C)(C)OC(=O)N1CCSC(CCN)C1. The fourth-order valence-corrected chi connectivity index (χ4v) is 2.82. The molecular weight excluding hydrogens is 224 g/mol. The Morgan fingerprint density at radius 2 is 2.25 bits per heavy atom. The van der Waals surface area contributed by atoms with Gasteiger partial charge in [-0.2, -0.15) is 11.8 Å². The molecule has 0 radical (unpaired) electrons. The second-order valence-corrected chi connectivity index (χ2v) is 6.40. The van der Waals surface area contributed by atoms with Crippen LogP contribution in [0, 0.1) is 0 Å². The zero-order valence-corrected chi connectivity index (χ0v) is 11.2. The van der Waals surface area contributed by atoms with Crippen molar-refractivity contribution in [1.29, 1.82) is 0 Å². The van der Waals surface area contributed by atoms with Gasteiger partial charge in [0, 0.05) is 24.1 Å². The van der Waals surface area contributed by atoms with Gasteiger partial charge in [0.2, 0.25) is 0 Å². The van der Waals surface area contributed by atoms with Gasteiger partial charge in [0.05, 0.1) is 0 Å². The topological polar surface area (TPSA) is 55.6 Å². The van der Waals surface area contributed by atoms with Gasteiger partial charge in [-0.15, -0.1) is 0 Å². The van der Waals surface area contributed by atoms with Crippen molar-refractivity contribution >= 4 is 17.9 Å². The molecule has 0 aliphatic carbocycles. The zero-order valence-electron chi connectivity index (χ0n) is 10.4. The van der Waals surface area contributed by atoms with Crippen LogP contribution in [0.4, 0.5) is 4.79 Å². The van der Waals surface area contributed by atoms with E-state index >= 15 is 0 Å². The minimum atomic E-state index is -0.412. The van der Waals surface area contributed by atoms with Gasteiger partial charge in [0.1, 0.15) is 5.60 Å². The van der Waals surface area contributed by atoms with Crippen molar-refractivity contribution in [3.63, 3.8) is 0 Å². The lowest BCUT2D eigenvalue weighted by atomic mass is 10.2. The maximum absolute atomic E-state index is 11.8. The van der Waals surface area contributed by atoms with Gasteiger partial charge in [0.25, 0.3) is 0 Å². The first-order valence-electron chi connectivity index (χ1n) is 5.72. The van der Waals surface area contributed by atoms with Gasteiger partial charge in [-0.3, -0.25) is 0 Å². The average molecular weight is 246 g/mol. The van der Waals surface area contributed by atoms with E-state index < -0.39 is 5.60 Å². The van der Waals surface area contributed by atoms with Crippen LogP contribution in [0.3, 0.4) is 0 Å². The van der Waals surface area contributed by atoms with Crippen molar-refractivity contribution in [2.24, 2.45) is 5.73 Å². The van der Waals surface area contributed by atoms with Crippen LogP contribution in [-0.4, -0.2) is 47.2 Å². The van der Waals surface area contributed by atoms with E-state index in [0.717, 1.165) is 25.3 Å². The molecule has 1 amide bonds. The van der Waals surface area contributed by atoms with Crippen LogP contribution in [0.1, 0.15) is 27.2 Å². The molecule has 0 spiro atoms. The van der Waals surface area contributed by atoms with Crippen LogP contribution in [0.2, 0.25) is 0 Å². The summed E-state index contributed by atoms with van der Waals surface area (Å²) in [4.78, 5) is 13.6. The van der Waals surface area contributed by atoms with Gasteiger partial charge in [0.15, 0.2) is 0 Å². The fourth-order valence-electron chi connectivity index (χ4n) is 1.57. The highest BCUT2D eigenvalue weighted by Crippen LogP contribution is 2.22. The number of carbonyl (C=O) groups excluding carboxylic acids is 1. The van der Waals surface area contributed by atoms with Crippen LogP contribution in [0.25, 0.3) is 0 Å². The first-order valence-corrected chi connectivity index (χ1v) is 6.77. The van der Waals surface area contributed by atoms with Crippen molar-refractivity contribution in [3.8, 4) is 0 Å². The second-order valence-electron chi connectivity index (χ2n) is 5.00. The average Bonchev–Trinajstić information content (AvgIpc) is 2.16. The summed E-state index contributed by atoms with van der Waals surface area (Å²) in [5.41, 5.74) is 5.12. The highest BCUT2D eigenvalue weighted by atomic mass is 32.2. The number of ether oxygens (including phenoxy) is 1. The summed E-state index contributed by atoms with van der Waals surface area (Å²) in [7, 11) is 0. The highest BCUT2D eigenvalue weighted by molar-refractivity contribution is 8.00. The molecule has 94 valence electrons. The molecular formula is C11H22N2O2S. The first kappa shape index (κ1) is 13.6. The molecule has 1 rings (SSSR count). The molecule has 5 heteroatoms. The number of nitrogens with zero attached hydrogens (tertiary/aromatic N) is 1. The minimum Gasteiger partial charge on any atom is -0.444 e. The van der Waals surface area contributed by atoms with Crippen molar-refractivity contribution < 1.29 is 9.53 Å². The highest BCUT2D eigenvalue weighted by Gasteiger charge is 2.27. The molecule has 1 aliphatic heterocycles. The Morgan fingerprint density at radius 1 is 1.56 bits per heavy atom. The minimum absolute atomic E-state index is 0.199. The molecule has 1 saturated heterocycles. The lowest BCUT2D eigenvalue weighted by Gasteiger charge is -2.33. The molecule has 0 aromatic heterocycles. The number of hydrogen-bond acceptors (Lipinski definition) is 4. The smallest absolute Gasteiger partial charge is 0.410 e. The summed E-state index contributed by atoms with van der Waals surface area (Å²) in [6.07, 6.45) is 0.763. The fraction of sp³-hybridized carbons (Fsp3) is 0.909. The second kappa shape index (κ2) is 5.77. The Bertz CT molecular complexity index is 239. The molecule has 0 saturated carbocycles. The number of thioether (sulfide) groups is 1. The summed E-state index contributed by atoms with van der Waals surface area (Å²) >= 11 is 1.90. The Labute approximate surface area is 102 Å². The summed E-state index contributed by atoms with van der Waals surface area (Å²) in [6.45, 7) is 7.89. The van der Waals surface area contributed by atoms with E-state index in [0.29, 0.717) is 11.8 Å². The molecule has 1 fully saturated rings. The Kier molecular flexibility index (Phi) is 4.92. The van der Waals surface area contributed by atoms with Crippen LogP contribution in [-0.2, 0) is 4.74 Å². The Hall–Kier alpha value is -0.420. The lowest BCUT2D eigenvalue weighted by molar-refractivity contribution is 0.0256. The summed E-state index contributed by atoms with van der Waals surface area (Å²) in [5.74, 6) is 0.976. The molecule has 0 bridgehead atoms. The number of carbonyl (C=O) groups is 1. The van der Waals surface area contributed by atoms with E-state index in [1.54, 1.807) is 4.90 Å². The maximum Gasteiger partial charge on any atom is 0.410 e. The van der Waals surface area contributed by atoms with E-state index in [1.807, 2.05) is 32.5 Å². The quantitative estimate of drug-likeness (QED) is 0.805. The predicted molar refractivity (Wildman–Crippen MR) is 67.7 cm³/mol. The van der Waals surface area contributed by atoms with Gasteiger partial charge >= 0.3 is 6.09 Å². The molecule has 4 nitrogen and oxygen atoms in total. The molecule has 1 unspecified atom stereocenters. The van der Waals surface area contributed by atoms with Crippen molar-refractivity contribution in [2.75, 3.05) is 25.4 Å². The van der Waals surface area contributed by atoms with Crippen LogP contribution < -0.4 is 5.73 Å². The molecule has 0 aromatic rings. The van der Waals surface area contributed by atoms with Crippen molar-refractivity contribution in [3.05, 3.63) is 0 Å². The maximum atomic E-state index is 11.8. The van der Waals surface area contributed by atoms with Crippen LogP contribution in [0.5, 0.6) is 0 Å². The lowest BCUT2D eigenvalue weighted by Crippen LogP contribution is -2.44. The molecule has 2 N–H and O–H groups in total. The third kappa shape index (κ3) is 4.61. The van der Waals surface area contributed by atoms with Crippen molar-refractivity contribution in [2.45, 2.75) is 38.0 Å². The van der Waals surface area contributed by atoms with Gasteiger partial charge in [-0.25, -0.2) is 4.79 Å². The summed E-state index contributed by atoms with van der Waals surface area (Å²) < 4.78 is 5.35. The van der Waals surface area contributed by atoms with E-state index in [2.05, 4.69) is 0 Å². The summed E-state index contributed by atoms with van der Waals surface area (Å²) in [5, 5.41) is 0.464. The number of hydrogen-bond donors (Lipinski definition) is 1. The molecule has 16 heavy (non-hydrogen) atoms. The molecule has 1 aliphatic rings. The third-order valence-corrected chi connectivity index (χ3v) is 3.55. The monoisotopic (exact) mass is 246 g/mol. The van der Waals surface area contributed by atoms with Crippen LogP contribution in [0.15, 0.2) is 0 Å². The Balaban J connectivity index is 2.44. The Morgan fingerprint density at radius 3 is 2.81 bits per heavy atom. The van der Waals surface area contributed by atoms with Gasteiger partial charge in [-0.05, 0) is 33.7 Å². The van der Waals surface area contributed by atoms with E-state index in [4.69, 9.17) is 10.5 Å². The summed E-state index contributed by atoms with van der Waals surface area (Å²) in [6, 6.07) is 0. The zero-order chi connectivity index (χ0) is 12.2. The number of nitrogens with two attached hydrogens (primary N) is 1. The third-order valence-electron chi connectivity index (χ3n) is 2.28. The van der Waals surface area contributed by atoms with E-state index in [9.17, 15) is 4.79 Å². The van der Waals surface area contributed by atoms with Crippen LogP contribution >= 0.6 is 11.8 Å². The predicted octanol–water partition coefficient (Wildman–Crippen LogP) is 1.69. The van der Waals surface area contributed by atoms with Gasteiger partial charge < -0.3 is 15.4 Å². The number of rotatable bonds is 2. The standard InChI is InChI=1S/C11H22N2O2S/c1-11(2,3)15-10(14)13-6-7-16-9(8-13)4-5-12/h9H,4-8,12H2,1-3H3. The van der Waals surface area contributed by atoms with Crippen molar-refractivity contribution in [1.82, 2.24) is 4.90 Å². The van der Waals surface area contributed by atoms with E-state index in [-0.39, 0.29) is 6.09 Å². The largest absolute Gasteiger partial charge is 0.444 e. The van der Waals surface area contributed by atoms with E-state index in [1.165, 1.54) is 0 Å².